The van der Waals surface area contributed by atoms with Gasteiger partial charge in [0.15, 0.2) is 11.5 Å². The van der Waals surface area contributed by atoms with E-state index in [0.717, 1.165) is 12.8 Å². The van der Waals surface area contributed by atoms with Crippen molar-refractivity contribution >= 4 is 11.6 Å². The second kappa shape index (κ2) is 6.29. The number of carbonyl (C=O) groups excluding carboxylic acids is 1. The van der Waals surface area contributed by atoms with Crippen molar-refractivity contribution in [3.05, 3.63) is 42.5 Å². The summed E-state index contributed by atoms with van der Waals surface area (Å²) in [5, 5.41) is 2.89. The van der Waals surface area contributed by atoms with Crippen LogP contribution in [0.1, 0.15) is 19.8 Å². The molecule has 1 N–H and O–H groups in total. The van der Waals surface area contributed by atoms with Crippen LogP contribution in [0.3, 0.4) is 0 Å². The Morgan fingerprint density at radius 3 is 2.60 bits per heavy atom. The molecule has 2 aromatic rings. The van der Waals surface area contributed by atoms with Crippen LogP contribution in [0.5, 0.6) is 23.0 Å². The lowest BCUT2D eigenvalue weighted by atomic mass is 10.0. The van der Waals surface area contributed by atoms with E-state index in [2.05, 4.69) is 5.32 Å². The SMILES string of the molecule is C[C@@]1(C(=O)Nc2ccc(Oc3ccc4c(c3)OCO4)cc2)CCCO1. The number of ether oxygens (including phenoxy) is 4. The first-order valence-electron chi connectivity index (χ1n) is 8.25. The van der Waals surface area contributed by atoms with Gasteiger partial charge < -0.3 is 24.3 Å². The van der Waals surface area contributed by atoms with Crippen LogP contribution >= 0.6 is 0 Å². The number of anilines is 1. The van der Waals surface area contributed by atoms with E-state index < -0.39 is 5.60 Å². The molecule has 4 rings (SSSR count). The predicted molar refractivity (Wildman–Crippen MR) is 91.3 cm³/mol. The summed E-state index contributed by atoms with van der Waals surface area (Å²) in [7, 11) is 0. The lowest BCUT2D eigenvalue weighted by Crippen LogP contribution is -2.39. The smallest absolute Gasteiger partial charge is 0.256 e. The molecule has 2 heterocycles. The zero-order valence-electron chi connectivity index (χ0n) is 13.9. The molecule has 2 aliphatic rings. The molecule has 0 spiro atoms. The number of fused-ring (bicyclic) bond motifs is 1. The van der Waals surface area contributed by atoms with E-state index in [9.17, 15) is 4.79 Å². The first-order valence-corrected chi connectivity index (χ1v) is 8.25. The van der Waals surface area contributed by atoms with Gasteiger partial charge in [-0.15, -0.1) is 0 Å². The highest BCUT2D eigenvalue weighted by Crippen LogP contribution is 2.36. The molecule has 0 aliphatic carbocycles. The maximum Gasteiger partial charge on any atom is 0.256 e. The molecule has 2 aromatic carbocycles. The Balaban J connectivity index is 1.41. The van der Waals surface area contributed by atoms with Gasteiger partial charge in [-0.25, -0.2) is 0 Å². The molecule has 2 aliphatic heterocycles. The molecule has 0 aromatic heterocycles. The highest BCUT2D eigenvalue weighted by molar-refractivity contribution is 5.97. The van der Waals surface area contributed by atoms with Gasteiger partial charge in [0.2, 0.25) is 6.79 Å². The van der Waals surface area contributed by atoms with Crippen LogP contribution in [0.2, 0.25) is 0 Å². The Kier molecular flexibility index (Phi) is 3.97. The van der Waals surface area contributed by atoms with Gasteiger partial charge in [-0.3, -0.25) is 4.79 Å². The first-order chi connectivity index (χ1) is 12.1. The van der Waals surface area contributed by atoms with E-state index in [4.69, 9.17) is 18.9 Å². The Morgan fingerprint density at radius 1 is 1.08 bits per heavy atom. The van der Waals surface area contributed by atoms with E-state index >= 15 is 0 Å². The molecule has 0 bridgehead atoms. The maximum atomic E-state index is 12.3. The molecule has 6 nitrogen and oxygen atoms in total. The second-order valence-corrected chi connectivity index (χ2v) is 6.28. The minimum atomic E-state index is -0.734. The molecular weight excluding hydrogens is 322 g/mol. The largest absolute Gasteiger partial charge is 0.457 e. The van der Waals surface area contributed by atoms with Crippen molar-refractivity contribution in [2.24, 2.45) is 0 Å². The molecule has 1 amide bonds. The van der Waals surface area contributed by atoms with E-state index in [1.165, 1.54) is 0 Å². The number of hydrogen-bond donors (Lipinski definition) is 1. The van der Waals surface area contributed by atoms with Crippen LogP contribution < -0.4 is 19.5 Å². The Labute approximate surface area is 145 Å². The van der Waals surface area contributed by atoms with Gasteiger partial charge in [-0.1, -0.05) is 0 Å². The van der Waals surface area contributed by atoms with E-state index in [0.29, 0.717) is 35.3 Å². The van der Waals surface area contributed by atoms with Crippen molar-refractivity contribution < 1.29 is 23.7 Å². The van der Waals surface area contributed by atoms with Gasteiger partial charge in [-0.05, 0) is 56.2 Å². The monoisotopic (exact) mass is 341 g/mol. The summed E-state index contributed by atoms with van der Waals surface area (Å²) < 4.78 is 22.0. The second-order valence-electron chi connectivity index (χ2n) is 6.28. The van der Waals surface area contributed by atoms with Gasteiger partial charge in [0.25, 0.3) is 5.91 Å². The summed E-state index contributed by atoms with van der Waals surface area (Å²) in [6, 6.07) is 12.6. The lowest BCUT2D eigenvalue weighted by Gasteiger charge is -2.21. The fourth-order valence-corrected chi connectivity index (χ4v) is 2.90. The number of amides is 1. The van der Waals surface area contributed by atoms with Crippen LogP contribution in [0.15, 0.2) is 42.5 Å². The molecule has 0 radical (unpaired) electrons. The zero-order chi connectivity index (χ0) is 17.3. The van der Waals surface area contributed by atoms with E-state index in [1.54, 1.807) is 30.3 Å². The van der Waals surface area contributed by atoms with Crippen LogP contribution in [0.25, 0.3) is 0 Å². The van der Waals surface area contributed by atoms with Crippen molar-refractivity contribution in [1.82, 2.24) is 0 Å². The minimum Gasteiger partial charge on any atom is -0.457 e. The molecule has 25 heavy (non-hydrogen) atoms. The number of benzene rings is 2. The summed E-state index contributed by atoms with van der Waals surface area (Å²) in [5.74, 6) is 2.60. The number of rotatable bonds is 4. The van der Waals surface area contributed by atoms with Gasteiger partial charge in [0.05, 0.1) is 0 Å². The van der Waals surface area contributed by atoms with E-state index in [1.807, 2.05) is 19.1 Å². The van der Waals surface area contributed by atoms with Crippen molar-refractivity contribution in [3.63, 3.8) is 0 Å². The highest BCUT2D eigenvalue weighted by Gasteiger charge is 2.37. The third-order valence-electron chi connectivity index (χ3n) is 4.39. The van der Waals surface area contributed by atoms with Crippen molar-refractivity contribution in [3.8, 4) is 23.0 Å². The van der Waals surface area contributed by atoms with Crippen molar-refractivity contribution in [1.29, 1.82) is 0 Å². The first kappa shape index (κ1) is 15.8. The van der Waals surface area contributed by atoms with Crippen LogP contribution in [-0.4, -0.2) is 24.9 Å². The Morgan fingerprint density at radius 2 is 1.84 bits per heavy atom. The fourth-order valence-electron chi connectivity index (χ4n) is 2.90. The molecule has 1 atom stereocenters. The highest BCUT2D eigenvalue weighted by atomic mass is 16.7. The average Bonchev–Trinajstić information content (AvgIpc) is 3.26. The van der Waals surface area contributed by atoms with Crippen LogP contribution in [0.4, 0.5) is 5.69 Å². The van der Waals surface area contributed by atoms with Crippen molar-refractivity contribution in [2.45, 2.75) is 25.4 Å². The van der Waals surface area contributed by atoms with Gasteiger partial charge in [0.1, 0.15) is 17.1 Å². The predicted octanol–water partition coefficient (Wildman–Crippen LogP) is 3.72. The summed E-state index contributed by atoms with van der Waals surface area (Å²) >= 11 is 0. The van der Waals surface area contributed by atoms with Gasteiger partial charge in [0, 0.05) is 18.4 Å². The normalized spacial score (nSPS) is 21.2. The molecular formula is C19H19NO5. The fraction of sp³-hybridized carbons (Fsp3) is 0.316. The van der Waals surface area contributed by atoms with Crippen LogP contribution in [-0.2, 0) is 9.53 Å². The summed E-state index contributed by atoms with van der Waals surface area (Å²) in [4.78, 5) is 12.3. The molecule has 1 fully saturated rings. The zero-order valence-corrected chi connectivity index (χ0v) is 13.9. The molecule has 130 valence electrons. The maximum absolute atomic E-state index is 12.3. The summed E-state index contributed by atoms with van der Waals surface area (Å²) in [5.41, 5.74) is -0.0264. The Hall–Kier alpha value is -2.73. The van der Waals surface area contributed by atoms with E-state index in [-0.39, 0.29) is 12.7 Å². The molecule has 6 heteroatoms. The van der Waals surface area contributed by atoms with Gasteiger partial charge >= 0.3 is 0 Å². The lowest BCUT2D eigenvalue weighted by molar-refractivity contribution is -0.133. The summed E-state index contributed by atoms with van der Waals surface area (Å²) in [6.45, 7) is 2.69. The minimum absolute atomic E-state index is 0.116. The third-order valence-corrected chi connectivity index (χ3v) is 4.39. The molecule has 0 saturated carbocycles. The molecule has 1 saturated heterocycles. The third kappa shape index (κ3) is 3.25. The average molecular weight is 341 g/mol. The molecule has 0 unspecified atom stereocenters. The Bertz CT molecular complexity index is 781. The number of hydrogen-bond acceptors (Lipinski definition) is 5. The topological polar surface area (TPSA) is 66.0 Å². The standard InChI is InChI=1S/C19H19NO5/c1-19(9-2-10-24-19)18(21)20-13-3-5-14(6-4-13)25-15-7-8-16-17(11-15)23-12-22-16/h3-8,11H,2,9-10,12H2,1H3,(H,20,21)/t19-/m0/s1. The number of carbonyl (C=O) groups is 1. The quantitative estimate of drug-likeness (QED) is 0.918. The summed E-state index contributed by atoms with van der Waals surface area (Å²) in [6.07, 6.45) is 1.65. The number of nitrogens with one attached hydrogen (secondary N) is 1. The van der Waals surface area contributed by atoms with Gasteiger partial charge in [-0.2, -0.15) is 0 Å². The van der Waals surface area contributed by atoms with Crippen LogP contribution in [0, 0.1) is 0 Å². The van der Waals surface area contributed by atoms with Crippen molar-refractivity contribution in [2.75, 3.05) is 18.7 Å².